The predicted molar refractivity (Wildman–Crippen MR) is 79.0 cm³/mol. The normalized spacial score (nSPS) is 23.4. The summed E-state index contributed by atoms with van der Waals surface area (Å²) in [5, 5.41) is 21.7. The Kier molecular flexibility index (Phi) is 5.54. The smallest absolute Gasteiger partial charge is 0.119 e. The number of hydrogen-bond acceptors (Lipinski definition) is 4. The molecule has 1 atom stereocenters. The van der Waals surface area contributed by atoms with Crippen molar-refractivity contribution in [2.75, 3.05) is 26.2 Å². The van der Waals surface area contributed by atoms with E-state index in [1.165, 1.54) is 5.56 Å². The molecule has 108 valence electrons. The number of piperidine rings is 1. The van der Waals surface area contributed by atoms with Crippen LogP contribution in [0.4, 0.5) is 0 Å². The van der Waals surface area contributed by atoms with Gasteiger partial charge >= 0.3 is 0 Å². The Morgan fingerprint density at radius 1 is 1.35 bits per heavy atom. The van der Waals surface area contributed by atoms with Crippen molar-refractivity contribution in [3.63, 3.8) is 0 Å². The third kappa shape index (κ3) is 4.04. The minimum absolute atomic E-state index is 0.169. The molecule has 0 saturated carbocycles. The molecule has 0 radical (unpaired) electrons. The number of likely N-dealkylation sites (tertiary alicyclic amines) is 1. The monoisotopic (exact) mass is 273 g/mol. The molecule has 0 spiro atoms. The Morgan fingerprint density at radius 2 is 2.15 bits per heavy atom. The molecule has 0 aromatic heterocycles. The molecule has 0 bridgehead atoms. The van der Waals surface area contributed by atoms with Gasteiger partial charge in [0, 0.05) is 19.7 Å². The van der Waals surface area contributed by atoms with Gasteiger partial charge in [-0.2, -0.15) is 5.26 Å². The van der Waals surface area contributed by atoms with Gasteiger partial charge in [-0.3, -0.25) is 10.2 Å². The predicted octanol–water partition coefficient (Wildman–Crippen LogP) is 1.52. The molecular formula is C16H23N3O. The maximum absolute atomic E-state index is 9.52. The Morgan fingerprint density at radius 3 is 2.85 bits per heavy atom. The van der Waals surface area contributed by atoms with Gasteiger partial charge < -0.3 is 5.11 Å². The summed E-state index contributed by atoms with van der Waals surface area (Å²) in [7, 11) is 0. The van der Waals surface area contributed by atoms with E-state index in [-0.39, 0.29) is 6.61 Å². The summed E-state index contributed by atoms with van der Waals surface area (Å²) in [5.41, 5.74) is 0.832. The summed E-state index contributed by atoms with van der Waals surface area (Å²) in [4.78, 5) is 2.34. The Hall–Kier alpha value is -1.41. The number of rotatable bonds is 6. The van der Waals surface area contributed by atoms with E-state index >= 15 is 0 Å². The van der Waals surface area contributed by atoms with Gasteiger partial charge in [0.05, 0.1) is 6.07 Å². The first-order valence-corrected chi connectivity index (χ1v) is 7.31. The standard InChI is InChI=1S/C16H23N3O/c17-13-16(18-9-5-11-20)8-4-10-19(14-16)12-15-6-2-1-3-7-15/h1-3,6-7,18,20H,4-5,8-12,14H2. The molecule has 1 aliphatic heterocycles. The molecule has 4 heteroatoms. The van der Waals surface area contributed by atoms with Crippen LogP contribution >= 0.6 is 0 Å². The van der Waals surface area contributed by atoms with Crippen LogP contribution in [0.5, 0.6) is 0 Å². The molecule has 1 saturated heterocycles. The highest BCUT2D eigenvalue weighted by molar-refractivity contribution is 5.16. The fourth-order valence-corrected chi connectivity index (χ4v) is 2.80. The second-order valence-electron chi connectivity index (χ2n) is 5.50. The summed E-state index contributed by atoms with van der Waals surface area (Å²) in [6.07, 6.45) is 2.62. The van der Waals surface area contributed by atoms with Crippen molar-refractivity contribution in [3.05, 3.63) is 35.9 Å². The molecule has 2 rings (SSSR count). The van der Waals surface area contributed by atoms with Gasteiger partial charge in [0.25, 0.3) is 0 Å². The molecule has 1 aromatic carbocycles. The average molecular weight is 273 g/mol. The number of aliphatic hydroxyl groups is 1. The van der Waals surface area contributed by atoms with E-state index in [1.54, 1.807) is 0 Å². The largest absolute Gasteiger partial charge is 0.396 e. The molecule has 1 fully saturated rings. The van der Waals surface area contributed by atoms with Crippen LogP contribution in [0.1, 0.15) is 24.8 Å². The van der Waals surface area contributed by atoms with Crippen LogP contribution in [0.2, 0.25) is 0 Å². The third-order valence-electron chi connectivity index (χ3n) is 3.83. The molecule has 1 aliphatic rings. The Bertz CT molecular complexity index is 443. The van der Waals surface area contributed by atoms with Gasteiger partial charge in [-0.1, -0.05) is 30.3 Å². The van der Waals surface area contributed by atoms with E-state index in [1.807, 2.05) is 6.07 Å². The first-order valence-electron chi connectivity index (χ1n) is 7.31. The lowest BCUT2D eigenvalue weighted by Crippen LogP contribution is -2.56. The number of hydrogen-bond donors (Lipinski definition) is 2. The van der Waals surface area contributed by atoms with E-state index in [4.69, 9.17) is 5.11 Å². The zero-order valence-corrected chi connectivity index (χ0v) is 11.9. The molecule has 1 unspecified atom stereocenters. The third-order valence-corrected chi connectivity index (χ3v) is 3.83. The van der Waals surface area contributed by atoms with Crippen molar-refractivity contribution in [1.29, 1.82) is 5.26 Å². The lowest BCUT2D eigenvalue weighted by atomic mass is 9.90. The van der Waals surface area contributed by atoms with Crippen molar-refractivity contribution in [2.24, 2.45) is 0 Å². The number of benzene rings is 1. The highest BCUT2D eigenvalue weighted by atomic mass is 16.3. The quantitative estimate of drug-likeness (QED) is 0.772. The molecule has 20 heavy (non-hydrogen) atoms. The van der Waals surface area contributed by atoms with E-state index in [2.05, 4.69) is 40.6 Å². The zero-order chi connectivity index (χ0) is 14.3. The van der Waals surface area contributed by atoms with Gasteiger partial charge in [0.2, 0.25) is 0 Å². The van der Waals surface area contributed by atoms with E-state index < -0.39 is 5.54 Å². The minimum atomic E-state index is -0.456. The Balaban J connectivity index is 1.94. The summed E-state index contributed by atoms with van der Waals surface area (Å²) in [6.45, 7) is 3.56. The maximum atomic E-state index is 9.52. The van der Waals surface area contributed by atoms with Crippen LogP contribution in [0.3, 0.4) is 0 Å². The fraction of sp³-hybridized carbons (Fsp3) is 0.562. The van der Waals surface area contributed by atoms with Gasteiger partial charge in [-0.05, 0) is 37.9 Å². The highest BCUT2D eigenvalue weighted by Gasteiger charge is 2.34. The van der Waals surface area contributed by atoms with E-state index in [0.717, 1.165) is 32.5 Å². The molecular weight excluding hydrogens is 250 g/mol. The van der Waals surface area contributed by atoms with Crippen LogP contribution in [-0.2, 0) is 6.54 Å². The van der Waals surface area contributed by atoms with E-state index in [9.17, 15) is 5.26 Å². The van der Waals surface area contributed by atoms with Crippen molar-refractivity contribution in [3.8, 4) is 6.07 Å². The molecule has 0 amide bonds. The van der Waals surface area contributed by atoms with Crippen molar-refractivity contribution in [1.82, 2.24) is 10.2 Å². The lowest BCUT2D eigenvalue weighted by Gasteiger charge is -2.39. The molecule has 0 aliphatic carbocycles. The minimum Gasteiger partial charge on any atom is -0.396 e. The topological polar surface area (TPSA) is 59.3 Å². The first kappa shape index (κ1) is 15.0. The van der Waals surface area contributed by atoms with Gasteiger partial charge in [0.1, 0.15) is 5.54 Å². The van der Waals surface area contributed by atoms with Crippen LogP contribution in [0, 0.1) is 11.3 Å². The van der Waals surface area contributed by atoms with Crippen molar-refractivity contribution >= 4 is 0 Å². The average Bonchev–Trinajstić information content (AvgIpc) is 2.49. The Labute approximate surface area is 121 Å². The number of aliphatic hydroxyl groups excluding tert-OH is 1. The second kappa shape index (κ2) is 7.39. The van der Waals surface area contributed by atoms with Gasteiger partial charge in [-0.25, -0.2) is 0 Å². The second-order valence-corrected chi connectivity index (χ2v) is 5.50. The SMILES string of the molecule is N#CC1(NCCCO)CCCN(Cc2ccccc2)C1. The number of nitrogens with one attached hydrogen (secondary N) is 1. The summed E-state index contributed by atoms with van der Waals surface area (Å²) in [5.74, 6) is 0. The van der Waals surface area contributed by atoms with Crippen LogP contribution in [-0.4, -0.2) is 41.8 Å². The summed E-state index contributed by atoms with van der Waals surface area (Å²) in [6, 6.07) is 12.8. The fourth-order valence-electron chi connectivity index (χ4n) is 2.80. The highest BCUT2D eigenvalue weighted by Crippen LogP contribution is 2.22. The first-order chi connectivity index (χ1) is 9.78. The molecule has 4 nitrogen and oxygen atoms in total. The van der Waals surface area contributed by atoms with Crippen LogP contribution in [0.25, 0.3) is 0 Å². The molecule has 1 heterocycles. The van der Waals surface area contributed by atoms with Gasteiger partial charge in [0.15, 0.2) is 0 Å². The lowest BCUT2D eigenvalue weighted by molar-refractivity contribution is 0.146. The molecule has 1 aromatic rings. The van der Waals surface area contributed by atoms with Crippen LogP contribution in [0.15, 0.2) is 30.3 Å². The zero-order valence-electron chi connectivity index (χ0n) is 11.9. The summed E-state index contributed by atoms with van der Waals surface area (Å²) >= 11 is 0. The van der Waals surface area contributed by atoms with Crippen molar-refractivity contribution < 1.29 is 5.11 Å². The molecule has 2 N–H and O–H groups in total. The maximum Gasteiger partial charge on any atom is 0.119 e. The van der Waals surface area contributed by atoms with E-state index in [0.29, 0.717) is 13.0 Å². The summed E-state index contributed by atoms with van der Waals surface area (Å²) < 4.78 is 0. The van der Waals surface area contributed by atoms with Gasteiger partial charge in [-0.15, -0.1) is 0 Å². The van der Waals surface area contributed by atoms with Crippen molar-refractivity contribution in [2.45, 2.75) is 31.3 Å². The number of nitriles is 1. The number of nitrogens with zero attached hydrogens (tertiary/aromatic N) is 2. The van der Waals surface area contributed by atoms with Crippen LogP contribution < -0.4 is 5.32 Å².